The zero-order valence-corrected chi connectivity index (χ0v) is 12.1. The van der Waals surface area contributed by atoms with Crippen molar-refractivity contribution < 1.29 is 9.59 Å². The van der Waals surface area contributed by atoms with Crippen LogP contribution in [0.5, 0.6) is 0 Å². The van der Waals surface area contributed by atoms with Gasteiger partial charge in [0.25, 0.3) is 5.91 Å². The Morgan fingerprint density at radius 1 is 1.25 bits per heavy atom. The van der Waals surface area contributed by atoms with Crippen molar-refractivity contribution >= 4 is 11.8 Å². The third-order valence-corrected chi connectivity index (χ3v) is 3.63. The first-order valence-corrected chi connectivity index (χ1v) is 6.94. The predicted octanol–water partition coefficient (Wildman–Crippen LogP) is -0.0810. The Kier molecular flexibility index (Phi) is 4.79. The normalized spacial score (nSPS) is 16.2. The molecule has 110 valence electrons. The molecule has 20 heavy (non-hydrogen) atoms. The van der Waals surface area contributed by atoms with E-state index in [1.807, 2.05) is 22.7 Å². The van der Waals surface area contributed by atoms with E-state index < -0.39 is 0 Å². The first kappa shape index (κ1) is 14.6. The molecule has 1 aliphatic heterocycles. The Balaban J connectivity index is 1.67. The number of carbonyl (C=O) groups excluding carboxylic acids is 2. The van der Waals surface area contributed by atoms with E-state index in [0.29, 0.717) is 12.1 Å². The van der Waals surface area contributed by atoms with Gasteiger partial charge in [-0.1, -0.05) is 0 Å². The van der Waals surface area contributed by atoms with Crippen LogP contribution >= 0.6 is 0 Å². The van der Waals surface area contributed by atoms with Crippen molar-refractivity contribution in [2.75, 3.05) is 39.3 Å². The lowest BCUT2D eigenvalue weighted by atomic mass is 10.3. The highest BCUT2D eigenvalue weighted by Crippen LogP contribution is 2.02. The SMILES string of the molecule is CC(=O)N1CCN(CCNC(=O)c2ccn(C)c2)CC1. The standard InChI is InChI=1S/C14H22N4O2/c1-12(19)18-9-7-17(8-10-18)6-4-15-14(20)13-3-5-16(2)11-13/h3,5,11H,4,6-10H2,1-2H3,(H,15,20). The molecular formula is C14H22N4O2. The number of carbonyl (C=O) groups is 2. The van der Waals surface area contributed by atoms with Crippen LogP contribution in [-0.4, -0.2) is 65.4 Å². The predicted molar refractivity (Wildman–Crippen MR) is 76.4 cm³/mol. The number of aromatic nitrogens is 1. The minimum atomic E-state index is -0.0343. The van der Waals surface area contributed by atoms with Crippen molar-refractivity contribution in [3.8, 4) is 0 Å². The van der Waals surface area contributed by atoms with Gasteiger partial charge >= 0.3 is 0 Å². The molecule has 0 unspecified atom stereocenters. The number of amides is 2. The van der Waals surface area contributed by atoms with E-state index in [-0.39, 0.29) is 11.8 Å². The lowest BCUT2D eigenvalue weighted by Crippen LogP contribution is -2.49. The van der Waals surface area contributed by atoms with Crippen LogP contribution in [0.3, 0.4) is 0 Å². The molecule has 0 radical (unpaired) electrons. The Morgan fingerprint density at radius 3 is 2.50 bits per heavy atom. The van der Waals surface area contributed by atoms with Crippen LogP contribution in [-0.2, 0) is 11.8 Å². The lowest BCUT2D eigenvalue weighted by Gasteiger charge is -2.34. The zero-order valence-electron chi connectivity index (χ0n) is 12.1. The minimum Gasteiger partial charge on any atom is -0.356 e. The fourth-order valence-electron chi connectivity index (χ4n) is 2.35. The quantitative estimate of drug-likeness (QED) is 0.838. The van der Waals surface area contributed by atoms with E-state index in [2.05, 4.69) is 10.2 Å². The van der Waals surface area contributed by atoms with Gasteiger partial charge in [0.1, 0.15) is 0 Å². The van der Waals surface area contributed by atoms with Crippen LogP contribution in [0.15, 0.2) is 18.5 Å². The average Bonchev–Trinajstić information content (AvgIpc) is 2.86. The van der Waals surface area contributed by atoms with Crippen molar-refractivity contribution in [3.05, 3.63) is 24.0 Å². The minimum absolute atomic E-state index is 0.0343. The summed E-state index contributed by atoms with van der Waals surface area (Å²) in [6.45, 7) is 6.37. The van der Waals surface area contributed by atoms with E-state index in [4.69, 9.17) is 0 Å². The first-order chi connectivity index (χ1) is 9.56. The van der Waals surface area contributed by atoms with Crippen molar-refractivity contribution in [1.29, 1.82) is 0 Å². The van der Waals surface area contributed by atoms with E-state index in [9.17, 15) is 9.59 Å². The summed E-state index contributed by atoms with van der Waals surface area (Å²) in [4.78, 5) is 27.2. The molecule has 2 rings (SSSR count). The molecule has 0 aromatic carbocycles. The van der Waals surface area contributed by atoms with E-state index in [1.54, 1.807) is 19.2 Å². The monoisotopic (exact) mass is 278 g/mol. The van der Waals surface area contributed by atoms with Crippen LogP contribution in [0.2, 0.25) is 0 Å². The molecule has 1 aromatic heterocycles. The molecule has 1 N–H and O–H groups in total. The van der Waals surface area contributed by atoms with E-state index in [0.717, 1.165) is 32.7 Å². The molecule has 1 aliphatic rings. The highest BCUT2D eigenvalue weighted by molar-refractivity contribution is 5.93. The van der Waals surface area contributed by atoms with Gasteiger partial charge in [0, 0.05) is 65.6 Å². The van der Waals surface area contributed by atoms with Crippen molar-refractivity contribution in [3.63, 3.8) is 0 Å². The van der Waals surface area contributed by atoms with Gasteiger partial charge in [-0.25, -0.2) is 0 Å². The number of rotatable bonds is 4. The molecule has 1 aromatic rings. The summed E-state index contributed by atoms with van der Waals surface area (Å²) < 4.78 is 1.86. The summed E-state index contributed by atoms with van der Waals surface area (Å²) in [6.07, 6.45) is 3.66. The second-order valence-electron chi connectivity index (χ2n) is 5.17. The van der Waals surface area contributed by atoms with Crippen LogP contribution in [0.25, 0.3) is 0 Å². The number of aryl methyl sites for hydroxylation is 1. The van der Waals surface area contributed by atoms with Crippen LogP contribution < -0.4 is 5.32 Å². The average molecular weight is 278 g/mol. The molecule has 0 aliphatic carbocycles. The van der Waals surface area contributed by atoms with Crippen molar-refractivity contribution in [2.24, 2.45) is 7.05 Å². The smallest absolute Gasteiger partial charge is 0.252 e. The number of nitrogens with one attached hydrogen (secondary N) is 1. The number of piperazine rings is 1. The fraction of sp³-hybridized carbons (Fsp3) is 0.571. The molecule has 1 fully saturated rings. The second-order valence-corrected chi connectivity index (χ2v) is 5.17. The molecule has 0 saturated carbocycles. The molecule has 2 heterocycles. The van der Waals surface area contributed by atoms with E-state index >= 15 is 0 Å². The largest absolute Gasteiger partial charge is 0.356 e. The highest BCUT2D eigenvalue weighted by atomic mass is 16.2. The van der Waals surface area contributed by atoms with Crippen LogP contribution in [0, 0.1) is 0 Å². The third-order valence-electron chi connectivity index (χ3n) is 3.63. The summed E-state index contributed by atoms with van der Waals surface area (Å²) in [6, 6.07) is 1.81. The van der Waals surface area contributed by atoms with Gasteiger partial charge in [-0.15, -0.1) is 0 Å². The summed E-state index contributed by atoms with van der Waals surface area (Å²) in [5, 5.41) is 2.92. The molecule has 0 bridgehead atoms. The molecule has 0 spiro atoms. The van der Waals surface area contributed by atoms with Gasteiger partial charge in [-0.3, -0.25) is 14.5 Å². The van der Waals surface area contributed by atoms with Gasteiger partial charge in [-0.2, -0.15) is 0 Å². The third kappa shape index (κ3) is 3.84. The maximum atomic E-state index is 11.8. The second kappa shape index (κ2) is 6.56. The number of nitrogens with zero attached hydrogens (tertiary/aromatic N) is 3. The van der Waals surface area contributed by atoms with Gasteiger partial charge in [0.05, 0.1) is 5.56 Å². The fourth-order valence-corrected chi connectivity index (χ4v) is 2.35. The van der Waals surface area contributed by atoms with Gasteiger partial charge < -0.3 is 14.8 Å². The summed E-state index contributed by atoms with van der Waals surface area (Å²) in [5.41, 5.74) is 0.689. The lowest BCUT2D eigenvalue weighted by molar-refractivity contribution is -0.130. The Bertz CT molecular complexity index is 475. The molecule has 6 nitrogen and oxygen atoms in total. The number of hydrogen-bond donors (Lipinski definition) is 1. The Labute approximate surface area is 119 Å². The molecule has 1 saturated heterocycles. The molecule has 0 atom stereocenters. The van der Waals surface area contributed by atoms with Crippen molar-refractivity contribution in [2.45, 2.75) is 6.92 Å². The van der Waals surface area contributed by atoms with Crippen LogP contribution in [0.1, 0.15) is 17.3 Å². The zero-order chi connectivity index (χ0) is 14.5. The maximum absolute atomic E-state index is 11.8. The first-order valence-electron chi connectivity index (χ1n) is 6.94. The Morgan fingerprint density at radius 2 is 1.95 bits per heavy atom. The Hall–Kier alpha value is -1.82. The number of hydrogen-bond acceptors (Lipinski definition) is 3. The van der Waals surface area contributed by atoms with E-state index in [1.165, 1.54) is 0 Å². The summed E-state index contributed by atoms with van der Waals surface area (Å²) >= 11 is 0. The van der Waals surface area contributed by atoms with Crippen LogP contribution in [0.4, 0.5) is 0 Å². The van der Waals surface area contributed by atoms with Crippen molar-refractivity contribution in [1.82, 2.24) is 19.7 Å². The molecular weight excluding hydrogens is 256 g/mol. The van der Waals surface area contributed by atoms with Gasteiger partial charge in [0.2, 0.25) is 5.91 Å². The molecule has 2 amide bonds. The van der Waals surface area contributed by atoms with Gasteiger partial charge in [0.15, 0.2) is 0 Å². The maximum Gasteiger partial charge on any atom is 0.252 e. The van der Waals surface area contributed by atoms with Gasteiger partial charge in [-0.05, 0) is 6.07 Å². The highest BCUT2D eigenvalue weighted by Gasteiger charge is 2.18. The summed E-state index contributed by atoms with van der Waals surface area (Å²) in [7, 11) is 1.89. The molecule has 6 heteroatoms. The topological polar surface area (TPSA) is 57.6 Å². The summed E-state index contributed by atoms with van der Waals surface area (Å²) in [5.74, 6) is 0.106.